The molecule has 1 saturated heterocycles. The number of aryl methyl sites for hydroxylation is 1. The zero-order valence-electron chi connectivity index (χ0n) is 33.1. The number of nitrogen functional groups attached to an aromatic ring is 1. The second kappa shape index (κ2) is 18.9. The number of aromatic nitrogens is 5. The fraction of sp³-hybridized carbons (Fsp3) is 0.282. The second-order valence-corrected chi connectivity index (χ2v) is 14.5. The molecule has 24 heteroatoms. The van der Waals surface area contributed by atoms with E-state index in [-0.39, 0.29) is 42.2 Å². The lowest BCUT2D eigenvalue weighted by Crippen LogP contribution is -2.54. The van der Waals surface area contributed by atoms with E-state index in [9.17, 15) is 58.5 Å². The Kier molecular flexibility index (Phi) is 13.2. The molecule has 0 bridgehead atoms. The molecule has 63 heavy (non-hydrogen) atoms. The Morgan fingerprint density at radius 2 is 1.52 bits per heavy atom. The lowest BCUT2D eigenvalue weighted by molar-refractivity contribution is -0.144. The third-order valence-corrected chi connectivity index (χ3v) is 9.58. The van der Waals surface area contributed by atoms with Crippen LogP contribution in [0.5, 0.6) is 0 Å². The third-order valence-electron chi connectivity index (χ3n) is 9.58. The summed E-state index contributed by atoms with van der Waals surface area (Å²) in [4.78, 5) is 132. The number of amides is 5. The van der Waals surface area contributed by atoms with Gasteiger partial charge in [0.15, 0.2) is 11.2 Å². The molecule has 1 fully saturated rings. The van der Waals surface area contributed by atoms with Gasteiger partial charge in [0.25, 0.3) is 11.5 Å². The summed E-state index contributed by atoms with van der Waals surface area (Å²) in [5.74, 6) is -9.46. The maximum Gasteiger partial charge on any atom is 0.326 e. The van der Waals surface area contributed by atoms with E-state index in [0.29, 0.717) is 17.1 Å². The number of carbonyl (C=O) groups is 8. The van der Waals surface area contributed by atoms with Gasteiger partial charge in [0, 0.05) is 46.5 Å². The lowest BCUT2D eigenvalue weighted by Gasteiger charge is -2.22. The Bertz CT molecular complexity index is 2700. The molecule has 1 unspecified atom stereocenters. The van der Waals surface area contributed by atoms with Gasteiger partial charge in [0.2, 0.25) is 29.6 Å². The average molecular weight is 869 g/mol. The fourth-order valence-corrected chi connectivity index (χ4v) is 6.51. The lowest BCUT2D eigenvalue weighted by atomic mass is 10.1. The minimum atomic E-state index is -1.90. The number of fused-ring (bicyclic) bond motifs is 2. The van der Waals surface area contributed by atoms with E-state index in [1.165, 1.54) is 35.4 Å². The summed E-state index contributed by atoms with van der Waals surface area (Å²) in [6.45, 7) is 2.06. The predicted molar refractivity (Wildman–Crippen MR) is 220 cm³/mol. The van der Waals surface area contributed by atoms with Gasteiger partial charge in [-0.2, -0.15) is 4.98 Å². The summed E-state index contributed by atoms with van der Waals surface area (Å²) in [5.41, 5.74) is 8.18. The molecule has 328 valence electrons. The van der Waals surface area contributed by atoms with Crippen LogP contribution in [-0.2, 0) is 40.1 Å². The van der Waals surface area contributed by atoms with Crippen molar-refractivity contribution in [3.05, 3.63) is 82.0 Å². The molecule has 4 atom stereocenters. The van der Waals surface area contributed by atoms with Crippen molar-refractivity contribution >= 4 is 86.8 Å². The first-order valence-corrected chi connectivity index (χ1v) is 19.0. The molecule has 5 aromatic rings. The molecule has 0 radical (unpaired) electrons. The van der Waals surface area contributed by atoms with Gasteiger partial charge < -0.3 is 57.5 Å². The number of benzene rings is 2. The van der Waals surface area contributed by atoms with Crippen LogP contribution in [0.25, 0.3) is 22.1 Å². The van der Waals surface area contributed by atoms with Gasteiger partial charge in [0.1, 0.15) is 18.1 Å². The standard InChI is InChI=1S/C39H40N12O12/c1-17-8-19-9-21(6-7-24(19)43-17)44-28(52)10-23-16-51(23)37(61)26(13-31(56)57)47-35(59)25(12-30(54)55)46-29(53)11-27(38(62)63)48-34(58)18-2-4-20(5-3-18)41-14-22-15-42-33-32(45-22)36(60)50-39(40)49-33/h2-9,15,23,25-27,41,43H,10-14,16H2,1H3,(H,44,52)(H,46,53)(H,47,59)(H,48,58)(H,54,55)(H,56,57)(H,62,63)(H3,40,42,49,50,60)/t23?,25-,26-,27-,51?/m0/s1. The van der Waals surface area contributed by atoms with Crippen LogP contribution in [0, 0.1) is 6.92 Å². The Hall–Kier alpha value is -8.44. The topological polar surface area (TPSA) is 374 Å². The number of carbonyl (C=O) groups excluding carboxylic acids is 5. The van der Waals surface area contributed by atoms with Crippen LogP contribution in [0.1, 0.15) is 47.4 Å². The van der Waals surface area contributed by atoms with Gasteiger partial charge in [-0.3, -0.25) is 43.3 Å². The van der Waals surface area contributed by atoms with Gasteiger partial charge in [-0.25, -0.2) is 14.8 Å². The number of carboxylic acid groups (broad SMARTS) is 3. The highest BCUT2D eigenvalue weighted by Crippen LogP contribution is 2.25. The molecule has 0 aliphatic carbocycles. The maximum absolute atomic E-state index is 13.3. The highest BCUT2D eigenvalue weighted by atomic mass is 16.4. The summed E-state index contributed by atoms with van der Waals surface area (Å²) in [6, 6.07) is 6.73. The molecule has 12 N–H and O–H groups in total. The number of nitrogens with two attached hydrogens (primary N) is 1. The molecule has 5 amide bonds. The number of rotatable bonds is 19. The zero-order chi connectivity index (χ0) is 45.5. The maximum atomic E-state index is 13.3. The molecule has 3 aromatic heterocycles. The van der Waals surface area contributed by atoms with Crippen molar-refractivity contribution in [3.63, 3.8) is 0 Å². The number of nitrogens with zero attached hydrogens (tertiary/aromatic N) is 4. The van der Waals surface area contributed by atoms with Gasteiger partial charge in [-0.15, -0.1) is 0 Å². The molecule has 2 aromatic carbocycles. The van der Waals surface area contributed by atoms with Gasteiger partial charge in [-0.1, -0.05) is 0 Å². The number of nitrogens with one attached hydrogen (secondary N) is 7. The Balaban J connectivity index is 1.01. The van der Waals surface area contributed by atoms with Crippen LogP contribution in [-0.4, -0.2) is 123 Å². The number of hydrogen-bond donors (Lipinski definition) is 11. The first kappa shape index (κ1) is 44.1. The normalized spacial score (nSPS) is 14.5. The molecule has 6 rings (SSSR count). The van der Waals surface area contributed by atoms with Crippen molar-refractivity contribution in [1.82, 2.24) is 45.8 Å². The van der Waals surface area contributed by atoms with Crippen LogP contribution in [0.3, 0.4) is 0 Å². The van der Waals surface area contributed by atoms with E-state index in [1.807, 2.05) is 13.0 Å². The molecule has 24 nitrogen and oxygen atoms in total. The van der Waals surface area contributed by atoms with E-state index in [4.69, 9.17) is 5.73 Å². The Morgan fingerprint density at radius 3 is 2.22 bits per heavy atom. The first-order valence-electron chi connectivity index (χ1n) is 19.0. The summed E-state index contributed by atoms with van der Waals surface area (Å²) in [5, 5.41) is 41.9. The summed E-state index contributed by atoms with van der Waals surface area (Å²) in [7, 11) is 0. The minimum absolute atomic E-state index is 0.0102. The first-order chi connectivity index (χ1) is 29.9. The minimum Gasteiger partial charge on any atom is -0.481 e. The van der Waals surface area contributed by atoms with E-state index in [1.54, 1.807) is 18.2 Å². The summed E-state index contributed by atoms with van der Waals surface area (Å²) >= 11 is 0. The average Bonchev–Trinajstić information content (AvgIpc) is 3.87. The van der Waals surface area contributed by atoms with Crippen molar-refractivity contribution in [2.75, 3.05) is 22.9 Å². The number of carboxylic acids is 3. The third kappa shape index (κ3) is 11.6. The Morgan fingerprint density at radius 1 is 0.825 bits per heavy atom. The van der Waals surface area contributed by atoms with Gasteiger partial charge >= 0.3 is 17.9 Å². The highest BCUT2D eigenvalue weighted by Gasteiger charge is 2.44. The SMILES string of the molecule is Cc1cc2cc(NC(=O)CC3CN3C(=O)[C@H](CC(=O)O)NC(=O)[C@H](CC(=O)O)NC(=O)C[C@H](NC(=O)c3ccc(NCc4cnc5nc(N)[nH]c(=O)c5n4)cc3)C(=O)O)ccc2[nH]1. The van der Waals surface area contributed by atoms with E-state index >= 15 is 0 Å². The van der Waals surface area contributed by atoms with Gasteiger partial charge in [-0.05, 0) is 55.5 Å². The van der Waals surface area contributed by atoms with E-state index in [2.05, 4.69) is 51.5 Å². The quantitative estimate of drug-likeness (QED) is 0.0463. The summed E-state index contributed by atoms with van der Waals surface area (Å²) < 4.78 is 0. The van der Waals surface area contributed by atoms with Crippen molar-refractivity contribution in [1.29, 1.82) is 0 Å². The predicted octanol–water partition coefficient (Wildman–Crippen LogP) is -0.571. The fourth-order valence-electron chi connectivity index (χ4n) is 6.51. The number of aliphatic carboxylic acids is 3. The number of hydrogen-bond acceptors (Lipinski definition) is 14. The molecule has 0 spiro atoms. The van der Waals surface area contributed by atoms with Crippen LogP contribution in [0.4, 0.5) is 17.3 Å². The van der Waals surface area contributed by atoms with Gasteiger partial charge in [0.05, 0.1) is 43.7 Å². The number of aromatic amines is 2. The molecule has 1 aliphatic rings. The largest absolute Gasteiger partial charge is 0.481 e. The van der Waals surface area contributed by atoms with Crippen LogP contribution in [0.2, 0.25) is 0 Å². The van der Waals surface area contributed by atoms with Crippen molar-refractivity contribution in [2.45, 2.75) is 63.3 Å². The van der Waals surface area contributed by atoms with Crippen molar-refractivity contribution < 1.29 is 53.7 Å². The Labute approximate surface area is 354 Å². The van der Waals surface area contributed by atoms with Crippen LogP contribution in [0.15, 0.2) is 59.5 Å². The van der Waals surface area contributed by atoms with Crippen molar-refractivity contribution in [3.8, 4) is 0 Å². The molecule has 4 heterocycles. The number of anilines is 3. The van der Waals surface area contributed by atoms with Crippen LogP contribution >= 0.6 is 0 Å². The molecule has 0 saturated carbocycles. The summed E-state index contributed by atoms with van der Waals surface area (Å²) in [6.07, 6.45) is -1.69. The number of H-pyrrole nitrogens is 2. The van der Waals surface area contributed by atoms with Crippen molar-refractivity contribution in [2.24, 2.45) is 0 Å². The highest BCUT2D eigenvalue weighted by molar-refractivity contribution is 6.00. The van der Waals surface area contributed by atoms with E-state index in [0.717, 1.165) is 16.6 Å². The second-order valence-electron chi connectivity index (χ2n) is 14.5. The van der Waals surface area contributed by atoms with Crippen LogP contribution < -0.4 is 37.9 Å². The zero-order valence-corrected chi connectivity index (χ0v) is 33.1. The molecular formula is C39H40N12O12. The molecular weight excluding hydrogens is 829 g/mol. The molecule has 1 aliphatic heterocycles. The smallest absolute Gasteiger partial charge is 0.326 e. The monoisotopic (exact) mass is 868 g/mol. The van der Waals surface area contributed by atoms with E-state index < -0.39 is 96.4 Å².